The van der Waals surface area contributed by atoms with Crippen molar-refractivity contribution in [3.05, 3.63) is 71.1 Å². The lowest BCUT2D eigenvalue weighted by atomic mass is 10.2. The van der Waals surface area contributed by atoms with Gasteiger partial charge in [0.1, 0.15) is 17.0 Å². The molecule has 8 heteroatoms. The highest BCUT2D eigenvalue weighted by Gasteiger charge is 2.25. The van der Waals surface area contributed by atoms with Crippen molar-refractivity contribution < 1.29 is 13.9 Å². The average Bonchev–Trinajstić information content (AvgIpc) is 3.42. The van der Waals surface area contributed by atoms with E-state index in [4.69, 9.17) is 25.7 Å². The van der Waals surface area contributed by atoms with Gasteiger partial charge in [-0.2, -0.15) is 0 Å². The second-order valence-corrected chi connectivity index (χ2v) is 8.33. The average molecular weight is 445 g/mol. The Bertz CT molecular complexity index is 1160. The Balaban J connectivity index is 1.84. The molecule has 2 heterocycles. The molecule has 0 saturated carbocycles. The van der Waals surface area contributed by atoms with Gasteiger partial charge in [0.2, 0.25) is 0 Å². The van der Waals surface area contributed by atoms with Gasteiger partial charge in [0.05, 0.1) is 35.2 Å². The summed E-state index contributed by atoms with van der Waals surface area (Å²) in [6, 6.07) is 14.7. The minimum absolute atomic E-state index is 0.152. The van der Waals surface area contributed by atoms with Crippen molar-refractivity contribution >= 4 is 56.0 Å². The van der Waals surface area contributed by atoms with Crippen LogP contribution < -0.4 is 9.64 Å². The van der Waals surface area contributed by atoms with E-state index in [0.717, 1.165) is 9.60 Å². The fraction of sp³-hybridized carbons (Fsp3) is 0.143. The molecule has 5 nitrogen and oxygen atoms in total. The number of nitrogens with zero attached hydrogens (tertiary/aromatic N) is 2. The van der Waals surface area contributed by atoms with E-state index in [1.54, 1.807) is 36.5 Å². The van der Waals surface area contributed by atoms with E-state index in [1.807, 2.05) is 36.6 Å². The molecule has 0 saturated heterocycles. The zero-order chi connectivity index (χ0) is 20.4. The molecule has 4 rings (SSSR count). The molecule has 0 fully saturated rings. The Morgan fingerprint density at radius 3 is 2.79 bits per heavy atom. The van der Waals surface area contributed by atoms with E-state index in [1.165, 1.54) is 23.1 Å². The van der Waals surface area contributed by atoms with E-state index in [-0.39, 0.29) is 12.5 Å². The van der Waals surface area contributed by atoms with Crippen molar-refractivity contribution in [2.75, 3.05) is 18.3 Å². The van der Waals surface area contributed by atoms with Crippen LogP contribution in [0.4, 0.5) is 5.13 Å². The highest BCUT2D eigenvalue weighted by Crippen LogP contribution is 2.39. The van der Waals surface area contributed by atoms with Crippen LogP contribution in [0.15, 0.2) is 64.1 Å². The predicted octanol–water partition coefficient (Wildman–Crippen LogP) is 6.12. The van der Waals surface area contributed by atoms with Gasteiger partial charge in [0.25, 0.3) is 5.91 Å². The maximum Gasteiger partial charge on any atom is 0.261 e. The van der Waals surface area contributed by atoms with Crippen LogP contribution in [0.3, 0.4) is 0 Å². The maximum atomic E-state index is 13.5. The summed E-state index contributed by atoms with van der Waals surface area (Å²) >= 11 is 9.26. The van der Waals surface area contributed by atoms with Crippen LogP contribution in [0.25, 0.3) is 10.2 Å². The number of hydrogen-bond donors (Lipinski definition) is 0. The number of furan rings is 1. The molecule has 4 aromatic rings. The molecule has 148 valence electrons. The Morgan fingerprint density at radius 2 is 2.07 bits per heavy atom. The zero-order valence-electron chi connectivity index (χ0n) is 15.7. The lowest BCUT2D eigenvalue weighted by Crippen LogP contribution is -2.30. The third kappa shape index (κ3) is 3.85. The zero-order valence-corrected chi connectivity index (χ0v) is 18.1. The van der Waals surface area contributed by atoms with Crippen LogP contribution in [0.5, 0.6) is 5.75 Å². The molecule has 0 aliphatic heterocycles. The molecule has 0 spiro atoms. The molecule has 0 unspecified atom stereocenters. The number of methoxy groups -OCH3 is 1. The quantitative estimate of drug-likeness (QED) is 0.335. The van der Waals surface area contributed by atoms with E-state index in [0.29, 0.717) is 32.7 Å². The largest absolute Gasteiger partial charge is 0.494 e. The highest BCUT2D eigenvalue weighted by molar-refractivity contribution is 7.98. The Labute approximate surface area is 181 Å². The molecule has 0 bridgehead atoms. The number of fused-ring (bicyclic) bond motifs is 1. The van der Waals surface area contributed by atoms with Crippen molar-refractivity contribution in [3.8, 4) is 5.75 Å². The van der Waals surface area contributed by atoms with Crippen LogP contribution in [-0.2, 0) is 6.54 Å². The first kappa shape index (κ1) is 19.8. The van der Waals surface area contributed by atoms with Crippen LogP contribution in [0, 0.1) is 0 Å². The first-order chi connectivity index (χ1) is 14.1. The monoisotopic (exact) mass is 444 g/mol. The van der Waals surface area contributed by atoms with Gasteiger partial charge in [-0.1, -0.05) is 35.1 Å². The number of ether oxygens (including phenoxy) is 1. The van der Waals surface area contributed by atoms with Gasteiger partial charge < -0.3 is 9.15 Å². The van der Waals surface area contributed by atoms with Crippen molar-refractivity contribution in [1.82, 2.24) is 4.98 Å². The normalized spacial score (nSPS) is 11.0. The number of carbonyl (C=O) groups is 1. The van der Waals surface area contributed by atoms with Crippen molar-refractivity contribution in [2.45, 2.75) is 11.4 Å². The van der Waals surface area contributed by atoms with Crippen LogP contribution in [0.2, 0.25) is 5.02 Å². The van der Waals surface area contributed by atoms with Gasteiger partial charge in [-0.15, -0.1) is 11.8 Å². The van der Waals surface area contributed by atoms with Gasteiger partial charge in [-0.25, -0.2) is 4.98 Å². The van der Waals surface area contributed by atoms with Crippen molar-refractivity contribution in [3.63, 3.8) is 0 Å². The Kier molecular flexibility index (Phi) is 5.80. The van der Waals surface area contributed by atoms with Gasteiger partial charge in [0, 0.05) is 4.90 Å². The van der Waals surface area contributed by atoms with Crippen molar-refractivity contribution in [2.24, 2.45) is 0 Å². The number of halogens is 1. The topological polar surface area (TPSA) is 55.6 Å². The molecule has 0 aliphatic carbocycles. The maximum absolute atomic E-state index is 13.5. The molecular weight excluding hydrogens is 428 g/mol. The highest BCUT2D eigenvalue weighted by atomic mass is 35.5. The molecule has 2 aromatic carbocycles. The standard InChI is InChI=1S/C21H17ClN2O3S2/c1-26-16-10-9-15(22)19-18(16)23-21(29-19)24(12-13-6-5-11-27-13)20(25)14-7-3-4-8-17(14)28-2/h3-11H,12H2,1-2H3. The van der Waals surface area contributed by atoms with Crippen molar-refractivity contribution in [1.29, 1.82) is 0 Å². The molecule has 0 N–H and O–H groups in total. The van der Waals surface area contributed by atoms with Crippen LogP contribution in [0.1, 0.15) is 16.1 Å². The lowest BCUT2D eigenvalue weighted by molar-refractivity contribution is 0.0980. The molecule has 0 radical (unpaired) electrons. The SMILES string of the molecule is COc1ccc(Cl)c2sc(N(Cc3ccco3)C(=O)c3ccccc3SC)nc12. The van der Waals surface area contributed by atoms with Crippen LogP contribution >= 0.6 is 34.7 Å². The number of carbonyl (C=O) groups excluding carboxylic acids is 1. The molecule has 0 atom stereocenters. The number of aromatic nitrogens is 1. The van der Waals surface area contributed by atoms with Gasteiger partial charge in [0.15, 0.2) is 5.13 Å². The number of benzene rings is 2. The van der Waals surface area contributed by atoms with E-state index >= 15 is 0 Å². The Morgan fingerprint density at radius 1 is 1.24 bits per heavy atom. The second-order valence-electron chi connectivity index (χ2n) is 6.09. The predicted molar refractivity (Wildman–Crippen MR) is 119 cm³/mol. The summed E-state index contributed by atoms with van der Waals surface area (Å²) in [5, 5.41) is 1.10. The number of thioether (sulfide) groups is 1. The summed E-state index contributed by atoms with van der Waals surface area (Å²) in [5.74, 6) is 1.12. The molecule has 29 heavy (non-hydrogen) atoms. The fourth-order valence-corrected chi connectivity index (χ4v) is 4.82. The van der Waals surface area contributed by atoms with Gasteiger partial charge in [-0.05, 0) is 42.7 Å². The molecule has 2 aromatic heterocycles. The number of rotatable bonds is 6. The molecule has 0 aliphatic rings. The molecular formula is C21H17ClN2O3S2. The number of amides is 1. The third-order valence-corrected chi connectivity index (χ3v) is 6.71. The summed E-state index contributed by atoms with van der Waals surface area (Å²) in [4.78, 5) is 20.8. The summed E-state index contributed by atoms with van der Waals surface area (Å²) in [6.45, 7) is 0.258. The number of thiazole rings is 1. The minimum atomic E-state index is -0.152. The minimum Gasteiger partial charge on any atom is -0.494 e. The number of anilines is 1. The number of hydrogen-bond acceptors (Lipinski definition) is 6. The fourth-order valence-electron chi connectivity index (χ4n) is 2.97. The third-order valence-electron chi connectivity index (χ3n) is 4.37. The first-order valence-electron chi connectivity index (χ1n) is 8.72. The van der Waals surface area contributed by atoms with E-state index in [9.17, 15) is 4.79 Å². The Hall–Kier alpha value is -2.48. The molecule has 1 amide bonds. The van der Waals surface area contributed by atoms with E-state index in [2.05, 4.69) is 0 Å². The summed E-state index contributed by atoms with van der Waals surface area (Å²) in [5.41, 5.74) is 1.25. The van der Waals surface area contributed by atoms with Gasteiger partial charge in [-0.3, -0.25) is 9.69 Å². The second kappa shape index (κ2) is 8.49. The first-order valence-corrected chi connectivity index (χ1v) is 11.1. The summed E-state index contributed by atoms with van der Waals surface area (Å²) in [7, 11) is 1.59. The summed E-state index contributed by atoms with van der Waals surface area (Å²) in [6.07, 6.45) is 3.54. The van der Waals surface area contributed by atoms with E-state index < -0.39 is 0 Å². The lowest BCUT2D eigenvalue weighted by Gasteiger charge is -2.20. The van der Waals surface area contributed by atoms with Gasteiger partial charge >= 0.3 is 0 Å². The summed E-state index contributed by atoms with van der Waals surface area (Å²) < 4.78 is 11.7. The van der Waals surface area contributed by atoms with Crippen LogP contribution in [-0.4, -0.2) is 24.3 Å². The smallest absolute Gasteiger partial charge is 0.261 e.